The zero-order valence-corrected chi connectivity index (χ0v) is 18.0. The Kier molecular flexibility index (Phi) is 5.80. The van der Waals surface area contributed by atoms with E-state index in [1.165, 1.54) is 6.20 Å². The molecule has 0 aliphatic heterocycles. The summed E-state index contributed by atoms with van der Waals surface area (Å²) in [5.74, 6) is -4.49. The van der Waals surface area contributed by atoms with E-state index in [4.69, 9.17) is 9.47 Å². The number of methoxy groups -OCH3 is 1. The van der Waals surface area contributed by atoms with Gasteiger partial charge in [-0.15, -0.1) is 0 Å². The van der Waals surface area contributed by atoms with Crippen LogP contribution in [0.3, 0.4) is 0 Å². The van der Waals surface area contributed by atoms with Crippen molar-refractivity contribution in [3.05, 3.63) is 65.4 Å². The van der Waals surface area contributed by atoms with Crippen LogP contribution in [0.15, 0.2) is 41.6 Å². The molecule has 3 heterocycles. The van der Waals surface area contributed by atoms with Gasteiger partial charge in [0.2, 0.25) is 5.88 Å². The predicted octanol–water partition coefficient (Wildman–Crippen LogP) is 3.47. The van der Waals surface area contributed by atoms with Crippen molar-refractivity contribution in [2.75, 3.05) is 11.8 Å². The molecule has 0 aliphatic rings. The Labute approximate surface area is 185 Å². The van der Waals surface area contributed by atoms with Crippen LogP contribution in [-0.2, 0) is 16.6 Å². The highest BCUT2D eigenvalue weighted by molar-refractivity contribution is 7.92. The van der Waals surface area contributed by atoms with Crippen molar-refractivity contribution in [2.45, 2.75) is 18.4 Å². The molecule has 0 spiro atoms. The summed E-state index contributed by atoms with van der Waals surface area (Å²) in [6.07, 6.45) is 2.21. The zero-order valence-electron chi connectivity index (χ0n) is 17.2. The van der Waals surface area contributed by atoms with Crippen molar-refractivity contribution in [2.24, 2.45) is 0 Å². The zero-order chi connectivity index (χ0) is 23.8. The van der Waals surface area contributed by atoms with Gasteiger partial charge in [-0.3, -0.25) is 9.82 Å². The number of ether oxygens (including phenoxy) is 2. The maximum atomic E-state index is 15.0. The lowest BCUT2D eigenvalue weighted by atomic mass is 10.2. The van der Waals surface area contributed by atoms with Crippen molar-refractivity contribution >= 4 is 26.7 Å². The third-order valence-electron chi connectivity index (χ3n) is 4.61. The quantitative estimate of drug-likeness (QED) is 0.417. The molecule has 0 unspecified atom stereocenters. The molecule has 0 aliphatic carbocycles. The third-order valence-corrected chi connectivity index (χ3v) is 5.97. The van der Waals surface area contributed by atoms with E-state index in [0.29, 0.717) is 23.0 Å². The van der Waals surface area contributed by atoms with Crippen LogP contribution >= 0.6 is 0 Å². The number of aryl methyl sites for hydroxylation is 1. The number of hydrogen-bond donors (Lipinski definition) is 2. The molecule has 2 N–H and O–H groups in total. The second-order valence-corrected chi connectivity index (χ2v) is 8.49. The fourth-order valence-electron chi connectivity index (χ4n) is 3.00. The lowest BCUT2D eigenvalue weighted by Gasteiger charge is -2.14. The first-order chi connectivity index (χ1) is 15.7. The molecule has 0 radical (unpaired) electrons. The van der Waals surface area contributed by atoms with Gasteiger partial charge in [-0.1, -0.05) is 0 Å². The van der Waals surface area contributed by atoms with Crippen LogP contribution in [-0.4, -0.2) is 35.7 Å². The van der Waals surface area contributed by atoms with Gasteiger partial charge in [-0.2, -0.15) is 5.10 Å². The number of halogens is 3. The minimum atomic E-state index is -4.54. The van der Waals surface area contributed by atoms with Gasteiger partial charge in [0.15, 0.2) is 27.9 Å². The van der Waals surface area contributed by atoms with Crippen molar-refractivity contribution in [1.29, 1.82) is 0 Å². The first-order valence-corrected chi connectivity index (χ1v) is 10.8. The van der Waals surface area contributed by atoms with Crippen molar-refractivity contribution in [3.63, 3.8) is 0 Å². The second-order valence-electron chi connectivity index (χ2n) is 6.84. The average molecular weight is 479 g/mol. The second kappa shape index (κ2) is 8.58. The SMILES string of the molecule is COc1ncc(F)cc1S(=O)(=O)Nc1ccc(F)c(OCc2cnc3[nH]nc(C)c3c2)c1F. The Balaban J connectivity index is 1.61. The van der Waals surface area contributed by atoms with Crippen LogP contribution in [0.2, 0.25) is 0 Å². The van der Waals surface area contributed by atoms with E-state index in [-0.39, 0.29) is 6.61 Å². The highest BCUT2D eigenvalue weighted by Crippen LogP contribution is 2.31. The Hall–Kier alpha value is -3.87. The molecule has 172 valence electrons. The molecule has 1 aromatic carbocycles. The van der Waals surface area contributed by atoms with Crippen LogP contribution in [0.25, 0.3) is 11.0 Å². The summed E-state index contributed by atoms with van der Waals surface area (Å²) in [4.78, 5) is 7.03. The highest BCUT2D eigenvalue weighted by Gasteiger charge is 2.25. The molecule has 0 saturated carbocycles. The number of anilines is 1. The molecular weight excluding hydrogens is 463 g/mol. The molecule has 0 amide bonds. The Morgan fingerprint density at radius 2 is 1.91 bits per heavy atom. The topological polar surface area (TPSA) is 119 Å². The minimum Gasteiger partial charge on any atom is -0.483 e. The summed E-state index contributed by atoms with van der Waals surface area (Å²) in [6, 6.07) is 4.07. The van der Waals surface area contributed by atoms with Crippen LogP contribution in [0.4, 0.5) is 18.9 Å². The largest absolute Gasteiger partial charge is 0.483 e. The predicted molar refractivity (Wildman–Crippen MR) is 111 cm³/mol. The number of nitrogens with one attached hydrogen (secondary N) is 2. The summed E-state index contributed by atoms with van der Waals surface area (Å²) in [6.45, 7) is 1.52. The smallest absolute Gasteiger partial charge is 0.267 e. The van der Waals surface area contributed by atoms with Gasteiger partial charge in [0.05, 0.1) is 24.7 Å². The number of hydrogen-bond acceptors (Lipinski definition) is 7. The molecule has 4 rings (SSSR count). The third kappa shape index (κ3) is 4.39. The molecular formula is C20H16F3N5O4S. The summed E-state index contributed by atoms with van der Waals surface area (Å²) in [7, 11) is -3.40. The number of aromatic amines is 1. The van der Waals surface area contributed by atoms with Crippen molar-refractivity contribution < 1.29 is 31.1 Å². The number of benzene rings is 1. The molecule has 9 nitrogen and oxygen atoms in total. The first-order valence-electron chi connectivity index (χ1n) is 9.32. The summed E-state index contributed by atoms with van der Waals surface area (Å²) in [5.41, 5.74) is 1.13. The molecule has 3 aromatic heterocycles. The molecule has 0 bridgehead atoms. The van der Waals surface area contributed by atoms with Gasteiger partial charge in [0, 0.05) is 23.2 Å². The number of sulfonamides is 1. The monoisotopic (exact) mass is 479 g/mol. The number of aromatic nitrogens is 4. The number of fused-ring (bicyclic) bond motifs is 1. The van der Waals surface area contributed by atoms with E-state index < -0.39 is 49.7 Å². The number of rotatable bonds is 7. The van der Waals surface area contributed by atoms with Gasteiger partial charge in [-0.25, -0.2) is 31.6 Å². The normalized spacial score (nSPS) is 11.5. The fraction of sp³-hybridized carbons (Fsp3) is 0.150. The van der Waals surface area contributed by atoms with Gasteiger partial charge >= 0.3 is 0 Å². The van der Waals surface area contributed by atoms with Crippen molar-refractivity contribution in [1.82, 2.24) is 20.2 Å². The molecule has 0 atom stereocenters. The first kappa shape index (κ1) is 22.3. The molecule has 13 heteroatoms. The van der Waals surface area contributed by atoms with Gasteiger partial charge in [0.25, 0.3) is 10.0 Å². The fourth-order valence-corrected chi connectivity index (χ4v) is 4.19. The molecule has 4 aromatic rings. The van der Waals surface area contributed by atoms with E-state index >= 15 is 0 Å². The van der Waals surface area contributed by atoms with Gasteiger partial charge in [-0.05, 0) is 25.1 Å². The number of pyridine rings is 2. The number of H-pyrrole nitrogens is 1. The maximum absolute atomic E-state index is 15.0. The van der Waals surface area contributed by atoms with E-state index in [9.17, 15) is 21.6 Å². The average Bonchev–Trinajstić information content (AvgIpc) is 3.16. The minimum absolute atomic E-state index is 0.251. The highest BCUT2D eigenvalue weighted by atomic mass is 32.2. The van der Waals surface area contributed by atoms with Gasteiger partial charge in [0.1, 0.15) is 12.4 Å². The lowest BCUT2D eigenvalue weighted by molar-refractivity contribution is 0.274. The van der Waals surface area contributed by atoms with E-state index in [0.717, 1.165) is 30.8 Å². The molecule has 33 heavy (non-hydrogen) atoms. The van der Waals surface area contributed by atoms with Gasteiger partial charge < -0.3 is 9.47 Å². The Morgan fingerprint density at radius 1 is 1.12 bits per heavy atom. The van der Waals surface area contributed by atoms with Crippen LogP contribution in [0.1, 0.15) is 11.3 Å². The lowest BCUT2D eigenvalue weighted by Crippen LogP contribution is -2.16. The van der Waals surface area contributed by atoms with Crippen LogP contribution in [0.5, 0.6) is 11.6 Å². The van der Waals surface area contributed by atoms with Crippen molar-refractivity contribution in [3.8, 4) is 11.6 Å². The van der Waals surface area contributed by atoms with E-state index in [1.54, 1.807) is 13.0 Å². The Bertz CT molecular complexity index is 1460. The van der Waals surface area contributed by atoms with E-state index in [2.05, 4.69) is 20.2 Å². The summed E-state index contributed by atoms with van der Waals surface area (Å²) < 4.78 is 80.2. The Morgan fingerprint density at radius 3 is 2.67 bits per heavy atom. The standard InChI is InChI=1S/C20H16F3N5O4S/c1-10-13-5-11(7-24-19(13)27-26-10)9-32-18-14(22)3-4-15(17(18)23)28-33(29,30)16-6-12(21)8-25-20(16)31-2/h3-8,28H,9H2,1-2H3,(H,24,26,27). The number of nitrogens with zero attached hydrogens (tertiary/aromatic N) is 3. The summed E-state index contributed by atoms with van der Waals surface area (Å²) >= 11 is 0. The summed E-state index contributed by atoms with van der Waals surface area (Å²) in [5, 5.41) is 7.48. The maximum Gasteiger partial charge on any atom is 0.267 e. The molecule has 0 fully saturated rings. The van der Waals surface area contributed by atoms with Crippen LogP contribution < -0.4 is 14.2 Å². The van der Waals surface area contributed by atoms with E-state index in [1.807, 2.05) is 4.72 Å². The van der Waals surface area contributed by atoms with Crippen LogP contribution in [0, 0.1) is 24.4 Å². The molecule has 0 saturated heterocycles.